The number of ether oxygens (including phenoxy) is 2. The van der Waals surface area contributed by atoms with Crippen LogP contribution in [0.4, 0.5) is 0 Å². The fraction of sp³-hybridized carbons (Fsp3) is 0.182. The lowest BCUT2D eigenvalue weighted by atomic mass is 9.92. The van der Waals surface area contributed by atoms with Crippen molar-refractivity contribution in [1.29, 1.82) is 0 Å². The Hall–Kier alpha value is -3.32. The fourth-order valence-corrected chi connectivity index (χ4v) is 2.95. The summed E-state index contributed by atoms with van der Waals surface area (Å²) in [5.41, 5.74) is 4.62. The van der Waals surface area contributed by atoms with Gasteiger partial charge in [0.1, 0.15) is 5.57 Å². The van der Waals surface area contributed by atoms with Crippen LogP contribution < -0.4 is 14.7 Å². The number of fused-ring (bicyclic) bond motifs is 1. The van der Waals surface area contributed by atoms with Gasteiger partial charge < -0.3 is 9.47 Å². The average Bonchev–Trinajstić information content (AvgIpc) is 2.70. The maximum Gasteiger partial charge on any atom is 0.310 e. The molecular weight excluding hydrogens is 324 g/mol. The minimum atomic E-state index is 0.644. The van der Waals surface area contributed by atoms with Crippen LogP contribution in [0, 0.1) is 6.07 Å². The summed E-state index contributed by atoms with van der Waals surface area (Å²) in [5.74, 6) is 1.37. The van der Waals surface area contributed by atoms with E-state index < -0.39 is 0 Å². The van der Waals surface area contributed by atoms with E-state index in [1.165, 1.54) is 0 Å². The van der Waals surface area contributed by atoms with E-state index in [0.29, 0.717) is 23.6 Å². The summed E-state index contributed by atoms with van der Waals surface area (Å²) in [6.45, 7) is 0.680. The Balaban J connectivity index is 1.96. The zero-order valence-corrected chi connectivity index (χ0v) is 15.0. The van der Waals surface area contributed by atoms with Gasteiger partial charge in [-0.25, -0.2) is 0 Å². The molecule has 3 rings (SSSR count). The number of benzene rings is 2. The maximum atomic E-state index is 7.71. The standard InChI is InChI=1S/C22H20N2O2/c1-25-20-13-17-11-12-24-22(19(17)14-21(20)26-2)18(15-23)10-6-9-16-7-4-3-5-8-16/h3-10,13-14H,11-12H2,1-2H3/p+1/b9-6+,18-10+. The lowest BCUT2D eigenvalue weighted by molar-refractivity contribution is -0.0908. The number of hydrogen-bond donors (Lipinski definition) is 1. The number of methoxy groups -OCH3 is 2. The molecule has 2 aromatic carbocycles. The lowest BCUT2D eigenvalue weighted by Gasteiger charge is -2.18. The summed E-state index contributed by atoms with van der Waals surface area (Å²) in [6.07, 6.45) is 6.62. The molecule has 0 aromatic heterocycles. The van der Waals surface area contributed by atoms with Crippen LogP contribution in [0.1, 0.15) is 16.7 Å². The number of allylic oxidation sites excluding steroid dienone is 3. The van der Waals surface area contributed by atoms with Gasteiger partial charge in [0.15, 0.2) is 11.5 Å². The van der Waals surface area contributed by atoms with Crippen LogP contribution in [0.25, 0.3) is 6.08 Å². The van der Waals surface area contributed by atoms with Crippen molar-refractivity contribution in [3.8, 4) is 17.6 Å². The highest BCUT2D eigenvalue weighted by molar-refractivity contribution is 6.16. The normalized spacial score (nSPS) is 13.7. The summed E-state index contributed by atoms with van der Waals surface area (Å²) in [7, 11) is 3.25. The van der Waals surface area contributed by atoms with E-state index in [2.05, 4.69) is 11.1 Å². The van der Waals surface area contributed by atoms with Crippen molar-refractivity contribution in [3.05, 3.63) is 76.9 Å². The molecule has 0 radical (unpaired) electrons. The molecule has 0 amide bonds. The van der Waals surface area contributed by atoms with Crippen LogP contribution in [-0.2, 0) is 6.42 Å². The second kappa shape index (κ2) is 8.17. The van der Waals surface area contributed by atoms with Crippen molar-refractivity contribution in [1.82, 2.24) is 0 Å². The average molecular weight is 345 g/mol. The van der Waals surface area contributed by atoms with Crippen molar-refractivity contribution in [2.24, 2.45) is 4.99 Å². The molecule has 26 heavy (non-hydrogen) atoms. The van der Waals surface area contributed by atoms with E-state index in [-0.39, 0.29) is 0 Å². The first-order valence-electron chi connectivity index (χ1n) is 8.43. The van der Waals surface area contributed by atoms with Crippen LogP contribution in [0.5, 0.6) is 11.5 Å². The molecule has 1 N–H and O–H groups in total. The predicted octanol–water partition coefficient (Wildman–Crippen LogP) is 2.46. The van der Waals surface area contributed by atoms with E-state index in [1.807, 2.05) is 60.7 Å². The minimum absolute atomic E-state index is 0.644. The highest BCUT2D eigenvalue weighted by Crippen LogP contribution is 2.33. The monoisotopic (exact) mass is 345 g/mol. The Kier molecular flexibility index (Phi) is 5.50. The summed E-state index contributed by atoms with van der Waals surface area (Å²) < 4.78 is 10.8. The van der Waals surface area contributed by atoms with E-state index in [9.17, 15) is 0 Å². The predicted molar refractivity (Wildman–Crippen MR) is 103 cm³/mol. The van der Waals surface area contributed by atoms with Crippen molar-refractivity contribution in [2.45, 2.75) is 6.42 Å². The molecule has 0 fully saturated rings. The van der Waals surface area contributed by atoms with Gasteiger partial charge in [0.25, 0.3) is 0 Å². The first-order valence-corrected chi connectivity index (χ1v) is 8.43. The van der Waals surface area contributed by atoms with Crippen LogP contribution in [0.3, 0.4) is 0 Å². The van der Waals surface area contributed by atoms with Crippen molar-refractivity contribution >= 4 is 11.8 Å². The van der Waals surface area contributed by atoms with Gasteiger partial charge in [-0.15, -0.1) is 0 Å². The Morgan fingerprint density at radius 3 is 2.54 bits per heavy atom. The molecule has 4 heteroatoms. The largest absolute Gasteiger partial charge is 0.493 e. The summed E-state index contributed by atoms with van der Waals surface area (Å²) in [4.78, 5) is 4.63. The van der Waals surface area contributed by atoms with Crippen molar-refractivity contribution in [2.75, 3.05) is 20.8 Å². The quantitative estimate of drug-likeness (QED) is 0.668. The molecule has 0 aliphatic carbocycles. The van der Waals surface area contributed by atoms with Crippen LogP contribution in [-0.4, -0.2) is 26.5 Å². The molecule has 1 aliphatic rings. The second-order valence-electron chi connectivity index (χ2n) is 5.82. The lowest BCUT2D eigenvalue weighted by Crippen LogP contribution is -2.22. The second-order valence-corrected chi connectivity index (χ2v) is 5.82. The third-order valence-corrected chi connectivity index (χ3v) is 4.26. The third kappa shape index (κ3) is 3.68. The van der Waals surface area contributed by atoms with E-state index >= 15 is 0 Å². The molecule has 2 aromatic rings. The van der Waals surface area contributed by atoms with Gasteiger partial charge >= 0.3 is 6.07 Å². The van der Waals surface area contributed by atoms with Gasteiger partial charge in [-0.05, 0) is 35.8 Å². The molecule has 0 atom stereocenters. The van der Waals surface area contributed by atoms with Gasteiger partial charge in [0, 0.05) is 12.1 Å². The molecule has 0 spiro atoms. The highest BCUT2D eigenvalue weighted by Gasteiger charge is 2.22. The summed E-state index contributed by atoms with van der Waals surface area (Å²) in [5, 5.41) is 7.71. The molecule has 0 saturated heterocycles. The van der Waals surface area contributed by atoms with Gasteiger partial charge in [-0.1, -0.05) is 47.7 Å². The zero-order chi connectivity index (χ0) is 18.4. The molecule has 4 nitrogen and oxygen atoms in total. The molecule has 0 saturated carbocycles. The summed E-state index contributed by atoms with van der Waals surface area (Å²) >= 11 is 0. The zero-order valence-electron chi connectivity index (χ0n) is 15.0. The van der Waals surface area contributed by atoms with E-state index in [0.717, 1.165) is 28.8 Å². The Morgan fingerprint density at radius 2 is 1.85 bits per heavy atom. The number of nitrogens with zero attached hydrogens (tertiary/aromatic N) is 1. The van der Waals surface area contributed by atoms with Crippen molar-refractivity contribution < 1.29 is 14.7 Å². The van der Waals surface area contributed by atoms with Gasteiger partial charge in [-0.2, -0.15) is 0 Å². The molecule has 0 bridgehead atoms. The molecule has 0 unspecified atom stereocenters. The molecule has 1 aliphatic heterocycles. The molecule has 1 heterocycles. The number of nitrogens with one attached hydrogen (secondary N) is 1. The third-order valence-electron chi connectivity index (χ3n) is 4.26. The molecular formula is C22H21N2O2+. The van der Waals surface area contributed by atoms with Gasteiger partial charge in [-0.3, -0.25) is 4.99 Å². The SMILES string of the molecule is COc1cc2c(cc1OC)C(/C(C#[NH+])=C/C=C/c1ccccc1)=NCC2. The van der Waals surface area contributed by atoms with Crippen LogP contribution in [0.2, 0.25) is 0 Å². The number of hydrogen-bond acceptors (Lipinski definition) is 3. The Morgan fingerprint density at radius 1 is 1.12 bits per heavy atom. The first kappa shape index (κ1) is 17.5. The topological polar surface area (TPSA) is 54.6 Å². The van der Waals surface area contributed by atoms with Crippen LogP contribution in [0.15, 0.2) is 65.2 Å². The van der Waals surface area contributed by atoms with E-state index in [4.69, 9.17) is 14.7 Å². The van der Waals surface area contributed by atoms with Crippen LogP contribution >= 0.6 is 0 Å². The van der Waals surface area contributed by atoms with E-state index in [1.54, 1.807) is 14.2 Å². The first-order chi connectivity index (χ1) is 12.8. The number of rotatable bonds is 5. The smallest absolute Gasteiger partial charge is 0.310 e. The van der Waals surface area contributed by atoms with Crippen molar-refractivity contribution in [3.63, 3.8) is 0 Å². The van der Waals surface area contributed by atoms with Gasteiger partial charge in [0.05, 0.1) is 19.9 Å². The number of aliphatic imine (C=N–C) groups is 1. The van der Waals surface area contributed by atoms with Gasteiger partial charge in [0.2, 0.25) is 0 Å². The summed E-state index contributed by atoms with van der Waals surface area (Å²) in [6, 6.07) is 16.5. The minimum Gasteiger partial charge on any atom is -0.493 e. The Bertz CT molecular complexity index is 919. The molecule has 130 valence electrons. The maximum absolute atomic E-state index is 7.71. The fourth-order valence-electron chi connectivity index (χ4n) is 2.95. The Labute approximate surface area is 153 Å². The highest BCUT2D eigenvalue weighted by atomic mass is 16.5.